The maximum absolute atomic E-state index is 11.8. The molecule has 2 aromatic rings. The van der Waals surface area contributed by atoms with E-state index in [9.17, 15) is 4.79 Å². The molecule has 0 heterocycles. The fourth-order valence-corrected chi connectivity index (χ4v) is 2.69. The van der Waals surface area contributed by atoms with E-state index in [1.807, 2.05) is 24.3 Å². The van der Waals surface area contributed by atoms with Crippen LogP contribution in [0.15, 0.2) is 54.6 Å². The Bertz CT molecular complexity index is 705. The summed E-state index contributed by atoms with van der Waals surface area (Å²) in [5.74, 6) is 0.887. The van der Waals surface area contributed by atoms with Gasteiger partial charge in [-0.15, -0.1) is 0 Å². The number of carbonyl (C=O) groups excluding carboxylic acids is 1. The zero-order valence-electron chi connectivity index (χ0n) is 15.8. The first-order chi connectivity index (χ1) is 13.2. The minimum atomic E-state index is -0.430. The quantitative estimate of drug-likeness (QED) is 0.186. The summed E-state index contributed by atoms with van der Waals surface area (Å²) in [7, 11) is 0. The minimum absolute atomic E-state index is 0.430. The van der Waals surface area contributed by atoms with Crippen molar-refractivity contribution in [3.63, 3.8) is 0 Å². The summed E-state index contributed by atoms with van der Waals surface area (Å²) in [6, 6.07) is 14.3. The standard InChI is InChI=1S/C23H27ClO3/c1-2-3-4-5-6-7-18-26-21-13-8-19(9-14-21)10-17-23(25)27-22-15-11-20(24)12-16-22/h8-17H,2-7,18H2,1H3. The second-order valence-corrected chi connectivity index (χ2v) is 6.83. The maximum Gasteiger partial charge on any atom is 0.336 e. The van der Waals surface area contributed by atoms with Gasteiger partial charge < -0.3 is 9.47 Å². The van der Waals surface area contributed by atoms with Gasteiger partial charge in [-0.3, -0.25) is 0 Å². The Labute approximate surface area is 167 Å². The number of unbranched alkanes of at least 4 members (excludes halogenated alkanes) is 5. The first-order valence-corrected chi connectivity index (χ1v) is 9.93. The van der Waals surface area contributed by atoms with Gasteiger partial charge in [-0.2, -0.15) is 0 Å². The number of rotatable bonds is 11. The average molecular weight is 387 g/mol. The molecule has 4 heteroatoms. The monoisotopic (exact) mass is 386 g/mol. The highest BCUT2D eigenvalue weighted by molar-refractivity contribution is 6.30. The maximum atomic E-state index is 11.8. The summed E-state index contributed by atoms with van der Waals surface area (Å²) in [4.78, 5) is 11.8. The lowest BCUT2D eigenvalue weighted by molar-refractivity contribution is -0.128. The van der Waals surface area contributed by atoms with Crippen molar-refractivity contribution in [3.05, 3.63) is 65.2 Å². The summed E-state index contributed by atoms with van der Waals surface area (Å²) < 4.78 is 11.0. The molecule has 0 aliphatic heterocycles. The lowest BCUT2D eigenvalue weighted by Gasteiger charge is -2.06. The Morgan fingerprint density at radius 3 is 2.22 bits per heavy atom. The molecule has 0 N–H and O–H groups in total. The first kappa shape index (κ1) is 21.0. The van der Waals surface area contributed by atoms with Crippen LogP contribution in [0.2, 0.25) is 5.02 Å². The summed E-state index contributed by atoms with van der Waals surface area (Å²) >= 11 is 5.80. The summed E-state index contributed by atoms with van der Waals surface area (Å²) in [6.45, 7) is 2.97. The van der Waals surface area contributed by atoms with Crippen LogP contribution in [0, 0.1) is 0 Å². The molecule has 0 unspecified atom stereocenters. The number of hydrogen-bond donors (Lipinski definition) is 0. The highest BCUT2D eigenvalue weighted by Crippen LogP contribution is 2.17. The zero-order chi connectivity index (χ0) is 19.3. The highest BCUT2D eigenvalue weighted by Gasteiger charge is 2.01. The van der Waals surface area contributed by atoms with Crippen molar-refractivity contribution < 1.29 is 14.3 Å². The fraction of sp³-hybridized carbons (Fsp3) is 0.348. The number of carbonyl (C=O) groups is 1. The molecule has 0 atom stereocenters. The molecule has 0 aliphatic carbocycles. The topological polar surface area (TPSA) is 35.5 Å². The van der Waals surface area contributed by atoms with Crippen LogP contribution >= 0.6 is 11.6 Å². The average Bonchev–Trinajstić information content (AvgIpc) is 2.68. The van der Waals surface area contributed by atoms with Gasteiger partial charge in [0.1, 0.15) is 11.5 Å². The number of ether oxygens (including phenoxy) is 2. The lowest BCUT2D eigenvalue weighted by Crippen LogP contribution is -2.03. The number of halogens is 1. The Morgan fingerprint density at radius 1 is 0.889 bits per heavy atom. The number of esters is 1. The third kappa shape index (κ3) is 8.78. The van der Waals surface area contributed by atoms with E-state index in [0.717, 1.165) is 24.3 Å². The van der Waals surface area contributed by atoms with Crippen molar-refractivity contribution in [1.82, 2.24) is 0 Å². The smallest absolute Gasteiger partial charge is 0.336 e. The van der Waals surface area contributed by atoms with Crippen LogP contribution in [-0.2, 0) is 4.79 Å². The van der Waals surface area contributed by atoms with Crippen LogP contribution < -0.4 is 9.47 Å². The van der Waals surface area contributed by atoms with E-state index in [-0.39, 0.29) is 0 Å². The molecule has 3 nitrogen and oxygen atoms in total. The van der Waals surface area contributed by atoms with Crippen LogP contribution in [0.5, 0.6) is 11.5 Å². The fourth-order valence-electron chi connectivity index (χ4n) is 2.56. The van der Waals surface area contributed by atoms with Gasteiger partial charge >= 0.3 is 5.97 Å². The molecular formula is C23H27ClO3. The predicted molar refractivity (Wildman–Crippen MR) is 111 cm³/mol. The van der Waals surface area contributed by atoms with Crippen LogP contribution in [0.1, 0.15) is 51.0 Å². The Morgan fingerprint density at radius 2 is 1.52 bits per heavy atom. The third-order valence-corrected chi connectivity index (χ3v) is 4.34. The molecule has 0 saturated heterocycles. The molecule has 0 radical (unpaired) electrons. The molecular weight excluding hydrogens is 360 g/mol. The Kier molecular flexibility index (Phi) is 9.50. The Hall–Kier alpha value is -2.26. The first-order valence-electron chi connectivity index (χ1n) is 9.55. The van der Waals surface area contributed by atoms with E-state index in [1.165, 1.54) is 38.2 Å². The van der Waals surface area contributed by atoms with E-state index in [2.05, 4.69) is 6.92 Å². The predicted octanol–water partition coefficient (Wildman–Crippen LogP) is 6.70. The van der Waals surface area contributed by atoms with Crippen LogP contribution in [0.4, 0.5) is 0 Å². The van der Waals surface area contributed by atoms with Gasteiger partial charge in [0.15, 0.2) is 0 Å². The molecule has 0 aliphatic rings. The van der Waals surface area contributed by atoms with Crippen LogP contribution in [-0.4, -0.2) is 12.6 Å². The zero-order valence-corrected chi connectivity index (χ0v) is 16.6. The van der Waals surface area contributed by atoms with Gasteiger partial charge in [0.25, 0.3) is 0 Å². The molecule has 2 aromatic carbocycles. The molecule has 0 amide bonds. The largest absolute Gasteiger partial charge is 0.494 e. The van der Waals surface area contributed by atoms with Crippen molar-refractivity contribution in [2.24, 2.45) is 0 Å². The molecule has 2 rings (SSSR count). The minimum Gasteiger partial charge on any atom is -0.494 e. The second kappa shape index (κ2) is 12.2. The number of hydrogen-bond acceptors (Lipinski definition) is 3. The van der Waals surface area contributed by atoms with Gasteiger partial charge in [-0.05, 0) is 54.5 Å². The Balaban J connectivity index is 1.70. The molecule has 0 fully saturated rings. The molecule has 0 bridgehead atoms. The van der Waals surface area contributed by atoms with E-state index < -0.39 is 5.97 Å². The van der Waals surface area contributed by atoms with Crippen LogP contribution in [0.25, 0.3) is 6.08 Å². The normalized spacial score (nSPS) is 10.9. The van der Waals surface area contributed by atoms with E-state index in [0.29, 0.717) is 10.8 Å². The van der Waals surface area contributed by atoms with Gasteiger partial charge in [0, 0.05) is 11.1 Å². The third-order valence-electron chi connectivity index (χ3n) is 4.09. The van der Waals surface area contributed by atoms with Gasteiger partial charge in [0.2, 0.25) is 0 Å². The van der Waals surface area contributed by atoms with Crippen molar-refractivity contribution in [1.29, 1.82) is 0 Å². The molecule has 0 saturated carbocycles. The summed E-state index contributed by atoms with van der Waals surface area (Å²) in [5, 5.41) is 0.601. The SMILES string of the molecule is CCCCCCCCOc1ccc(C=CC(=O)Oc2ccc(Cl)cc2)cc1. The van der Waals surface area contributed by atoms with E-state index in [4.69, 9.17) is 21.1 Å². The van der Waals surface area contributed by atoms with Gasteiger partial charge in [-0.25, -0.2) is 4.79 Å². The molecule has 144 valence electrons. The van der Waals surface area contributed by atoms with E-state index >= 15 is 0 Å². The van der Waals surface area contributed by atoms with Gasteiger partial charge in [-0.1, -0.05) is 62.8 Å². The van der Waals surface area contributed by atoms with Crippen molar-refractivity contribution in [2.45, 2.75) is 45.4 Å². The second-order valence-electron chi connectivity index (χ2n) is 6.39. The van der Waals surface area contributed by atoms with E-state index in [1.54, 1.807) is 30.3 Å². The van der Waals surface area contributed by atoms with Crippen molar-refractivity contribution in [3.8, 4) is 11.5 Å². The molecule has 0 aromatic heterocycles. The summed E-state index contributed by atoms with van der Waals surface area (Å²) in [5.41, 5.74) is 0.912. The van der Waals surface area contributed by atoms with Gasteiger partial charge in [0.05, 0.1) is 6.61 Å². The highest BCUT2D eigenvalue weighted by atomic mass is 35.5. The molecule has 0 spiro atoms. The van der Waals surface area contributed by atoms with Crippen LogP contribution in [0.3, 0.4) is 0 Å². The summed E-state index contributed by atoms with van der Waals surface area (Å²) in [6.07, 6.45) is 10.6. The van der Waals surface area contributed by atoms with Crippen molar-refractivity contribution >= 4 is 23.6 Å². The number of benzene rings is 2. The lowest BCUT2D eigenvalue weighted by atomic mass is 10.1. The molecule has 27 heavy (non-hydrogen) atoms. The van der Waals surface area contributed by atoms with Crippen molar-refractivity contribution in [2.75, 3.05) is 6.61 Å².